The topological polar surface area (TPSA) is 45.9 Å². The van der Waals surface area contributed by atoms with Gasteiger partial charge in [0.1, 0.15) is 5.75 Å². The van der Waals surface area contributed by atoms with Crippen molar-refractivity contribution < 1.29 is 4.74 Å². The van der Waals surface area contributed by atoms with Gasteiger partial charge in [0.25, 0.3) is 0 Å². The Morgan fingerprint density at radius 2 is 2.06 bits per heavy atom. The largest absolute Gasteiger partial charge is 0.495 e. The summed E-state index contributed by atoms with van der Waals surface area (Å²) in [4.78, 5) is 4.12. The standard InChI is InChI=1S/C14H12N2O/c1-10-3-4-11(7-15)5-14(10)12-6-13(17-2)9-16-8-12/h3-6,8-9H,1-2H3. The first-order valence-electron chi connectivity index (χ1n) is 5.25. The number of nitriles is 1. The summed E-state index contributed by atoms with van der Waals surface area (Å²) < 4.78 is 5.15. The molecule has 0 spiro atoms. The quantitative estimate of drug-likeness (QED) is 0.787. The Kier molecular flexibility index (Phi) is 3.06. The van der Waals surface area contributed by atoms with Crippen LogP contribution in [0.4, 0.5) is 0 Å². The van der Waals surface area contributed by atoms with Crippen LogP contribution in [0.2, 0.25) is 0 Å². The molecular weight excluding hydrogens is 212 g/mol. The van der Waals surface area contributed by atoms with Gasteiger partial charge in [0.05, 0.1) is 24.9 Å². The molecule has 1 aromatic heterocycles. The van der Waals surface area contributed by atoms with Crippen molar-refractivity contribution in [2.45, 2.75) is 6.92 Å². The minimum atomic E-state index is 0.647. The Morgan fingerprint density at radius 1 is 1.24 bits per heavy atom. The van der Waals surface area contributed by atoms with Crippen LogP contribution in [0.1, 0.15) is 11.1 Å². The Hall–Kier alpha value is -2.34. The lowest BCUT2D eigenvalue weighted by atomic mass is 10.00. The first-order chi connectivity index (χ1) is 8.24. The van der Waals surface area contributed by atoms with Gasteiger partial charge >= 0.3 is 0 Å². The van der Waals surface area contributed by atoms with Crippen LogP contribution >= 0.6 is 0 Å². The molecule has 84 valence electrons. The van der Waals surface area contributed by atoms with Crippen molar-refractivity contribution in [3.05, 3.63) is 47.8 Å². The van der Waals surface area contributed by atoms with E-state index in [0.29, 0.717) is 11.3 Å². The smallest absolute Gasteiger partial charge is 0.137 e. The second kappa shape index (κ2) is 4.67. The summed E-state index contributed by atoms with van der Waals surface area (Å²) in [6.45, 7) is 2.01. The Balaban J connectivity index is 2.55. The zero-order valence-corrected chi connectivity index (χ0v) is 9.77. The number of pyridine rings is 1. The number of aryl methyl sites for hydroxylation is 1. The van der Waals surface area contributed by atoms with Crippen LogP contribution in [0.5, 0.6) is 5.75 Å². The highest BCUT2D eigenvalue weighted by Crippen LogP contribution is 2.26. The Bertz CT molecular complexity index is 585. The first kappa shape index (κ1) is 11.2. The molecule has 0 aliphatic heterocycles. The van der Waals surface area contributed by atoms with Gasteiger partial charge in [-0.25, -0.2) is 0 Å². The maximum atomic E-state index is 8.91. The molecule has 0 aliphatic carbocycles. The highest BCUT2D eigenvalue weighted by molar-refractivity contribution is 5.69. The van der Waals surface area contributed by atoms with Crippen molar-refractivity contribution in [1.82, 2.24) is 4.98 Å². The van der Waals surface area contributed by atoms with Crippen LogP contribution in [0.25, 0.3) is 11.1 Å². The Morgan fingerprint density at radius 3 is 2.76 bits per heavy atom. The van der Waals surface area contributed by atoms with E-state index in [4.69, 9.17) is 10.00 Å². The van der Waals surface area contributed by atoms with E-state index in [-0.39, 0.29) is 0 Å². The zero-order valence-electron chi connectivity index (χ0n) is 9.77. The summed E-state index contributed by atoms with van der Waals surface area (Å²) in [5.74, 6) is 0.712. The van der Waals surface area contributed by atoms with Crippen LogP contribution in [-0.2, 0) is 0 Å². The van der Waals surface area contributed by atoms with Gasteiger partial charge in [0.15, 0.2) is 0 Å². The van der Waals surface area contributed by atoms with Gasteiger partial charge in [-0.2, -0.15) is 5.26 Å². The summed E-state index contributed by atoms with van der Waals surface area (Å²) in [5, 5.41) is 8.91. The molecule has 3 heteroatoms. The number of hydrogen-bond donors (Lipinski definition) is 0. The van der Waals surface area contributed by atoms with Crippen LogP contribution in [0.15, 0.2) is 36.7 Å². The fourth-order valence-electron chi connectivity index (χ4n) is 1.68. The van der Waals surface area contributed by atoms with Crippen molar-refractivity contribution >= 4 is 0 Å². The number of hydrogen-bond acceptors (Lipinski definition) is 3. The third-order valence-corrected chi connectivity index (χ3v) is 2.63. The molecule has 3 nitrogen and oxygen atoms in total. The highest BCUT2D eigenvalue weighted by Gasteiger charge is 2.05. The molecule has 0 amide bonds. The van der Waals surface area contributed by atoms with Crippen LogP contribution < -0.4 is 4.74 Å². The van der Waals surface area contributed by atoms with Gasteiger partial charge in [-0.05, 0) is 36.2 Å². The molecular formula is C14H12N2O. The summed E-state index contributed by atoms with van der Waals surface area (Å²) in [5.41, 5.74) is 3.72. The van der Waals surface area contributed by atoms with Crippen molar-refractivity contribution in [1.29, 1.82) is 5.26 Å². The van der Waals surface area contributed by atoms with Gasteiger partial charge in [0, 0.05) is 11.8 Å². The molecule has 0 saturated heterocycles. The number of ether oxygens (including phenoxy) is 1. The molecule has 2 aromatic rings. The fourth-order valence-corrected chi connectivity index (χ4v) is 1.68. The molecule has 17 heavy (non-hydrogen) atoms. The van der Waals surface area contributed by atoms with Crippen molar-refractivity contribution in [3.8, 4) is 22.9 Å². The third kappa shape index (κ3) is 2.26. The highest BCUT2D eigenvalue weighted by atomic mass is 16.5. The molecule has 0 bridgehead atoms. The van der Waals surface area contributed by atoms with Crippen molar-refractivity contribution in [2.24, 2.45) is 0 Å². The monoisotopic (exact) mass is 224 g/mol. The molecule has 0 unspecified atom stereocenters. The molecule has 0 N–H and O–H groups in total. The van der Waals surface area contributed by atoms with E-state index >= 15 is 0 Å². The molecule has 1 heterocycles. The molecule has 0 radical (unpaired) electrons. The van der Waals surface area contributed by atoms with Crippen LogP contribution in [0, 0.1) is 18.3 Å². The van der Waals surface area contributed by atoms with E-state index in [1.165, 1.54) is 0 Å². The number of aromatic nitrogens is 1. The van der Waals surface area contributed by atoms with Gasteiger partial charge in [-0.3, -0.25) is 4.98 Å². The summed E-state index contributed by atoms with van der Waals surface area (Å²) in [6, 6.07) is 9.67. The van der Waals surface area contributed by atoms with E-state index in [2.05, 4.69) is 11.1 Å². The minimum Gasteiger partial charge on any atom is -0.495 e. The lowest BCUT2D eigenvalue weighted by molar-refractivity contribution is 0.413. The minimum absolute atomic E-state index is 0.647. The Labute approximate surface area is 100 Å². The summed E-state index contributed by atoms with van der Waals surface area (Å²) >= 11 is 0. The van der Waals surface area contributed by atoms with Gasteiger partial charge in [-0.1, -0.05) is 6.07 Å². The van der Waals surface area contributed by atoms with E-state index in [9.17, 15) is 0 Å². The predicted molar refractivity (Wildman–Crippen MR) is 65.7 cm³/mol. The average molecular weight is 224 g/mol. The second-order valence-electron chi connectivity index (χ2n) is 3.75. The molecule has 2 rings (SSSR count). The van der Waals surface area contributed by atoms with Gasteiger partial charge in [-0.15, -0.1) is 0 Å². The van der Waals surface area contributed by atoms with E-state index in [1.807, 2.05) is 31.2 Å². The predicted octanol–water partition coefficient (Wildman–Crippen LogP) is 2.94. The fraction of sp³-hybridized carbons (Fsp3) is 0.143. The maximum absolute atomic E-state index is 8.91. The second-order valence-corrected chi connectivity index (χ2v) is 3.75. The molecule has 0 fully saturated rings. The third-order valence-electron chi connectivity index (χ3n) is 2.63. The van der Waals surface area contributed by atoms with Crippen LogP contribution in [0.3, 0.4) is 0 Å². The normalized spacial score (nSPS) is 9.71. The van der Waals surface area contributed by atoms with Gasteiger partial charge in [0.2, 0.25) is 0 Å². The van der Waals surface area contributed by atoms with E-state index < -0.39 is 0 Å². The van der Waals surface area contributed by atoms with E-state index in [1.54, 1.807) is 19.5 Å². The zero-order chi connectivity index (χ0) is 12.3. The first-order valence-corrected chi connectivity index (χ1v) is 5.25. The maximum Gasteiger partial charge on any atom is 0.137 e. The number of nitrogens with zero attached hydrogens (tertiary/aromatic N) is 2. The number of methoxy groups -OCH3 is 1. The lowest BCUT2D eigenvalue weighted by Crippen LogP contribution is -1.89. The molecule has 0 aliphatic rings. The van der Waals surface area contributed by atoms with Crippen LogP contribution in [-0.4, -0.2) is 12.1 Å². The number of rotatable bonds is 2. The van der Waals surface area contributed by atoms with Crippen molar-refractivity contribution in [3.63, 3.8) is 0 Å². The SMILES string of the molecule is COc1cncc(-c2cc(C#N)ccc2C)c1. The molecule has 1 aromatic carbocycles. The molecule has 0 saturated carbocycles. The summed E-state index contributed by atoms with van der Waals surface area (Å²) in [6.07, 6.45) is 3.43. The average Bonchev–Trinajstić information content (AvgIpc) is 2.39. The number of benzene rings is 1. The van der Waals surface area contributed by atoms with E-state index in [0.717, 1.165) is 16.7 Å². The summed E-state index contributed by atoms with van der Waals surface area (Å²) in [7, 11) is 1.61. The van der Waals surface area contributed by atoms with Gasteiger partial charge < -0.3 is 4.74 Å². The molecule has 0 atom stereocenters. The lowest BCUT2D eigenvalue weighted by Gasteiger charge is -2.07. The van der Waals surface area contributed by atoms with Crippen molar-refractivity contribution in [2.75, 3.05) is 7.11 Å².